The highest BCUT2D eigenvalue weighted by molar-refractivity contribution is 5.47. The molecule has 20 heavy (non-hydrogen) atoms. The van der Waals surface area contributed by atoms with Crippen molar-refractivity contribution < 1.29 is 4.74 Å². The van der Waals surface area contributed by atoms with E-state index in [0.717, 1.165) is 29.9 Å². The van der Waals surface area contributed by atoms with Gasteiger partial charge in [-0.1, -0.05) is 25.1 Å². The number of ether oxygens (including phenoxy) is 1. The molecule has 5 heteroatoms. The second-order valence-corrected chi connectivity index (χ2v) is 4.82. The third kappa shape index (κ3) is 2.36. The Morgan fingerprint density at radius 3 is 2.60 bits per heavy atom. The van der Waals surface area contributed by atoms with E-state index in [1.807, 2.05) is 35.9 Å². The molecule has 2 N–H and O–H groups in total. The number of nitrogens with two attached hydrogens (primary N) is 1. The molecule has 2 aromatic rings. The molecule has 5 nitrogen and oxygen atoms in total. The van der Waals surface area contributed by atoms with Crippen LogP contribution in [0.25, 0.3) is 5.69 Å². The molecule has 108 valence electrons. The summed E-state index contributed by atoms with van der Waals surface area (Å²) < 4.78 is 8.75. The number of para-hydroxylation sites is 1. The van der Waals surface area contributed by atoms with Gasteiger partial charge in [-0.2, -0.15) is 0 Å². The van der Waals surface area contributed by atoms with Gasteiger partial charge in [0.1, 0.15) is 5.69 Å². The van der Waals surface area contributed by atoms with Crippen LogP contribution in [0.15, 0.2) is 29.1 Å². The van der Waals surface area contributed by atoms with Gasteiger partial charge in [0.25, 0.3) is 5.56 Å². The van der Waals surface area contributed by atoms with Crippen molar-refractivity contribution in [1.29, 1.82) is 0 Å². The number of nitrogen functional groups attached to an aromatic ring is 1. The fraction of sp³-hybridized carbons (Fsp3) is 0.400. The topological polar surface area (TPSA) is 62.2 Å². The number of methoxy groups -OCH3 is 1. The molecule has 1 aromatic carbocycles. The summed E-state index contributed by atoms with van der Waals surface area (Å²) in [5, 5.41) is 0. The maximum atomic E-state index is 12.5. The molecule has 0 saturated heterocycles. The highest BCUT2D eigenvalue weighted by atomic mass is 16.5. The molecule has 0 fully saturated rings. The van der Waals surface area contributed by atoms with Crippen LogP contribution in [0.3, 0.4) is 0 Å². The third-order valence-corrected chi connectivity index (χ3v) is 3.35. The minimum absolute atomic E-state index is 0.181. The Labute approximate surface area is 118 Å². The Morgan fingerprint density at radius 2 is 2.00 bits per heavy atom. The Bertz CT molecular complexity index is 656. The van der Waals surface area contributed by atoms with Crippen LogP contribution >= 0.6 is 0 Å². The monoisotopic (exact) mass is 275 g/mol. The van der Waals surface area contributed by atoms with Crippen molar-refractivity contribution in [3.63, 3.8) is 0 Å². The van der Waals surface area contributed by atoms with Crippen LogP contribution in [0.4, 0.5) is 5.69 Å². The van der Waals surface area contributed by atoms with Gasteiger partial charge in [0.2, 0.25) is 0 Å². The summed E-state index contributed by atoms with van der Waals surface area (Å²) in [5.41, 5.74) is 8.70. The van der Waals surface area contributed by atoms with Gasteiger partial charge in [-0.05, 0) is 25.0 Å². The minimum atomic E-state index is -0.181. The van der Waals surface area contributed by atoms with Crippen molar-refractivity contribution in [2.45, 2.75) is 33.4 Å². The molecule has 0 spiro atoms. The molecule has 0 aliphatic heterocycles. The fourth-order valence-electron chi connectivity index (χ4n) is 2.38. The van der Waals surface area contributed by atoms with Gasteiger partial charge in [-0.15, -0.1) is 0 Å². The summed E-state index contributed by atoms with van der Waals surface area (Å²) in [5.74, 6) is 0. The van der Waals surface area contributed by atoms with E-state index >= 15 is 0 Å². The lowest BCUT2D eigenvalue weighted by atomic mass is 10.2. The summed E-state index contributed by atoms with van der Waals surface area (Å²) in [7, 11) is 1.60. The normalized spacial score (nSPS) is 10.9. The number of benzene rings is 1. The molecule has 0 saturated carbocycles. The van der Waals surface area contributed by atoms with Crippen molar-refractivity contribution in [2.24, 2.45) is 0 Å². The average Bonchev–Trinajstić information content (AvgIpc) is 2.66. The van der Waals surface area contributed by atoms with Gasteiger partial charge >= 0.3 is 0 Å². The van der Waals surface area contributed by atoms with E-state index in [4.69, 9.17) is 10.5 Å². The van der Waals surface area contributed by atoms with Crippen molar-refractivity contribution in [1.82, 2.24) is 9.36 Å². The van der Waals surface area contributed by atoms with Gasteiger partial charge in [0.15, 0.2) is 0 Å². The molecule has 1 heterocycles. The van der Waals surface area contributed by atoms with Crippen LogP contribution < -0.4 is 11.3 Å². The fourth-order valence-corrected chi connectivity index (χ4v) is 2.38. The molecular formula is C15H21N3O2. The second kappa shape index (κ2) is 5.96. The summed E-state index contributed by atoms with van der Waals surface area (Å²) in [4.78, 5) is 12.5. The molecule has 0 unspecified atom stereocenters. The Morgan fingerprint density at radius 1 is 1.30 bits per heavy atom. The SMILES string of the molecule is CCCn1c(COC)c(N)c(=O)n1-c1ccccc1C. The summed E-state index contributed by atoms with van der Waals surface area (Å²) >= 11 is 0. The number of rotatable bonds is 5. The number of hydrogen-bond donors (Lipinski definition) is 1. The summed E-state index contributed by atoms with van der Waals surface area (Å²) in [6.07, 6.45) is 0.913. The standard InChI is InChI=1S/C15H21N3O2/c1-4-9-17-13(10-20-3)14(16)15(19)18(17)12-8-6-5-7-11(12)2/h5-8H,4,9-10,16H2,1-3H3. The molecular weight excluding hydrogens is 254 g/mol. The molecule has 0 aliphatic carbocycles. The first-order chi connectivity index (χ1) is 9.61. The molecule has 0 amide bonds. The van der Waals surface area contributed by atoms with Crippen molar-refractivity contribution >= 4 is 5.69 Å². The number of anilines is 1. The van der Waals surface area contributed by atoms with Crippen LogP contribution in [0.2, 0.25) is 0 Å². The van der Waals surface area contributed by atoms with E-state index in [-0.39, 0.29) is 11.2 Å². The van der Waals surface area contributed by atoms with Gasteiger partial charge in [-0.3, -0.25) is 9.48 Å². The largest absolute Gasteiger partial charge is 0.393 e. The van der Waals surface area contributed by atoms with Crippen LogP contribution in [0.1, 0.15) is 24.6 Å². The number of aromatic nitrogens is 2. The Hall–Kier alpha value is -2.01. The van der Waals surface area contributed by atoms with E-state index in [1.165, 1.54) is 0 Å². The van der Waals surface area contributed by atoms with Crippen LogP contribution in [-0.4, -0.2) is 16.5 Å². The highest BCUT2D eigenvalue weighted by Gasteiger charge is 2.18. The zero-order valence-electron chi connectivity index (χ0n) is 12.2. The second-order valence-electron chi connectivity index (χ2n) is 4.82. The van der Waals surface area contributed by atoms with Gasteiger partial charge < -0.3 is 10.5 Å². The maximum absolute atomic E-state index is 12.5. The average molecular weight is 275 g/mol. The number of nitrogens with zero attached hydrogens (tertiary/aromatic N) is 2. The zero-order chi connectivity index (χ0) is 14.7. The molecule has 1 aromatic heterocycles. The molecule has 0 aliphatic rings. The quantitative estimate of drug-likeness (QED) is 0.908. The lowest BCUT2D eigenvalue weighted by Crippen LogP contribution is -2.23. The van der Waals surface area contributed by atoms with Gasteiger partial charge in [-0.25, -0.2) is 4.68 Å². The summed E-state index contributed by atoms with van der Waals surface area (Å²) in [6.45, 7) is 5.11. The number of hydrogen-bond acceptors (Lipinski definition) is 3. The molecule has 0 radical (unpaired) electrons. The van der Waals surface area contributed by atoms with E-state index in [0.29, 0.717) is 6.61 Å². The van der Waals surface area contributed by atoms with E-state index in [2.05, 4.69) is 6.92 Å². The Kier molecular flexibility index (Phi) is 4.29. The van der Waals surface area contributed by atoms with E-state index in [9.17, 15) is 4.79 Å². The lowest BCUT2D eigenvalue weighted by molar-refractivity contribution is 0.176. The summed E-state index contributed by atoms with van der Waals surface area (Å²) in [6, 6.07) is 7.79. The maximum Gasteiger partial charge on any atom is 0.294 e. The van der Waals surface area contributed by atoms with Crippen molar-refractivity contribution in [3.8, 4) is 5.69 Å². The molecule has 0 atom stereocenters. The van der Waals surface area contributed by atoms with Crippen LogP contribution in [0.5, 0.6) is 0 Å². The van der Waals surface area contributed by atoms with E-state index < -0.39 is 0 Å². The van der Waals surface area contributed by atoms with Crippen LogP contribution in [0, 0.1) is 6.92 Å². The predicted octanol–water partition coefficient (Wildman–Crippen LogP) is 2.09. The van der Waals surface area contributed by atoms with Crippen molar-refractivity contribution in [3.05, 3.63) is 45.9 Å². The van der Waals surface area contributed by atoms with Gasteiger partial charge in [0.05, 0.1) is 18.0 Å². The highest BCUT2D eigenvalue weighted by Crippen LogP contribution is 2.17. The van der Waals surface area contributed by atoms with Crippen LogP contribution in [-0.2, 0) is 17.9 Å². The first-order valence-electron chi connectivity index (χ1n) is 6.76. The number of aryl methyl sites for hydroxylation is 1. The first kappa shape index (κ1) is 14.4. The van der Waals surface area contributed by atoms with Crippen molar-refractivity contribution in [2.75, 3.05) is 12.8 Å². The smallest absolute Gasteiger partial charge is 0.294 e. The van der Waals surface area contributed by atoms with E-state index in [1.54, 1.807) is 11.8 Å². The molecule has 2 rings (SSSR count). The Balaban J connectivity index is 2.72. The zero-order valence-corrected chi connectivity index (χ0v) is 12.2. The molecule has 0 bridgehead atoms. The van der Waals surface area contributed by atoms with Gasteiger partial charge in [0, 0.05) is 13.7 Å². The first-order valence-corrected chi connectivity index (χ1v) is 6.76. The third-order valence-electron chi connectivity index (χ3n) is 3.35. The predicted molar refractivity (Wildman–Crippen MR) is 80.2 cm³/mol. The minimum Gasteiger partial charge on any atom is -0.393 e. The lowest BCUT2D eigenvalue weighted by Gasteiger charge is -2.15.